The number of halogens is 1. The lowest BCUT2D eigenvalue weighted by Crippen LogP contribution is -2.47. The van der Waals surface area contributed by atoms with Crippen molar-refractivity contribution in [3.63, 3.8) is 0 Å². The second-order valence-corrected chi connectivity index (χ2v) is 5.77. The van der Waals surface area contributed by atoms with Gasteiger partial charge >= 0.3 is 6.09 Å². The Bertz CT molecular complexity index is 545. The van der Waals surface area contributed by atoms with Crippen LogP contribution in [-0.2, 0) is 9.53 Å². The van der Waals surface area contributed by atoms with Crippen molar-refractivity contribution in [1.82, 2.24) is 10.2 Å². The van der Waals surface area contributed by atoms with Crippen LogP contribution in [0, 0.1) is 0 Å². The van der Waals surface area contributed by atoms with Crippen LogP contribution in [0.5, 0.6) is 0 Å². The number of rotatable bonds is 5. The van der Waals surface area contributed by atoms with Crippen molar-refractivity contribution in [2.24, 2.45) is 0 Å². The number of carbonyl (C=O) groups is 2. The Hall–Kier alpha value is -1.95. The van der Waals surface area contributed by atoms with Crippen molar-refractivity contribution in [2.45, 2.75) is 25.8 Å². The van der Waals surface area contributed by atoms with Gasteiger partial charge in [0.05, 0.1) is 23.9 Å². The number of benzene rings is 1. The summed E-state index contributed by atoms with van der Waals surface area (Å²) in [5.74, 6) is -0.0838. The molecule has 1 fully saturated rings. The van der Waals surface area contributed by atoms with Crippen LogP contribution >= 0.6 is 11.6 Å². The van der Waals surface area contributed by atoms with E-state index in [4.69, 9.17) is 16.3 Å². The zero-order valence-corrected chi connectivity index (χ0v) is 13.9. The third kappa shape index (κ3) is 5.32. The van der Waals surface area contributed by atoms with Gasteiger partial charge in [-0.1, -0.05) is 23.7 Å². The topological polar surface area (TPSA) is 70.7 Å². The summed E-state index contributed by atoms with van der Waals surface area (Å²) < 4.78 is 4.97. The van der Waals surface area contributed by atoms with Crippen molar-refractivity contribution < 1.29 is 14.3 Å². The lowest BCUT2D eigenvalue weighted by molar-refractivity contribution is -0.120. The van der Waals surface area contributed by atoms with E-state index in [1.54, 1.807) is 17.9 Å². The molecular formula is C16H22ClN3O3. The number of amides is 2. The van der Waals surface area contributed by atoms with E-state index < -0.39 is 0 Å². The Balaban J connectivity index is 1.71. The first-order valence-electron chi connectivity index (χ1n) is 7.79. The number of para-hydroxylation sites is 1. The van der Waals surface area contributed by atoms with E-state index in [0.29, 0.717) is 24.7 Å². The fourth-order valence-electron chi connectivity index (χ4n) is 2.48. The first-order chi connectivity index (χ1) is 11.1. The van der Waals surface area contributed by atoms with Crippen LogP contribution in [0.2, 0.25) is 5.02 Å². The molecule has 0 saturated carbocycles. The smallest absolute Gasteiger partial charge is 0.409 e. The summed E-state index contributed by atoms with van der Waals surface area (Å²) in [7, 11) is 0. The van der Waals surface area contributed by atoms with Gasteiger partial charge in [-0.25, -0.2) is 4.79 Å². The molecule has 2 rings (SSSR count). The molecule has 1 aromatic carbocycles. The second kappa shape index (κ2) is 8.62. The predicted octanol–water partition coefficient (Wildman–Crippen LogP) is 2.49. The molecule has 1 aliphatic rings. The van der Waals surface area contributed by atoms with Crippen molar-refractivity contribution in [3.05, 3.63) is 29.3 Å². The molecule has 1 aliphatic heterocycles. The van der Waals surface area contributed by atoms with Gasteiger partial charge in [-0.05, 0) is 31.9 Å². The van der Waals surface area contributed by atoms with E-state index in [1.807, 2.05) is 18.2 Å². The number of nitrogens with zero attached hydrogens (tertiary/aromatic N) is 1. The highest BCUT2D eigenvalue weighted by molar-refractivity contribution is 6.33. The van der Waals surface area contributed by atoms with Crippen molar-refractivity contribution >= 4 is 29.3 Å². The van der Waals surface area contributed by atoms with Crippen LogP contribution in [0.25, 0.3) is 0 Å². The Morgan fingerprint density at radius 1 is 1.30 bits per heavy atom. The maximum absolute atomic E-state index is 12.0. The van der Waals surface area contributed by atoms with E-state index in [9.17, 15) is 9.59 Å². The van der Waals surface area contributed by atoms with Gasteiger partial charge in [-0.15, -0.1) is 0 Å². The number of carbonyl (C=O) groups excluding carboxylic acids is 2. The fraction of sp³-hybridized carbons (Fsp3) is 0.500. The quantitative estimate of drug-likeness (QED) is 0.864. The number of nitrogens with one attached hydrogen (secondary N) is 2. The van der Waals surface area contributed by atoms with Crippen LogP contribution in [0.15, 0.2) is 24.3 Å². The average Bonchev–Trinajstić information content (AvgIpc) is 2.55. The van der Waals surface area contributed by atoms with Crippen LogP contribution in [0.1, 0.15) is 19.8 Å². The minimum absolute atomic E-state index is 0.0838. The molecule has 2 N–H and O–H groups in total. The van der Waals surface area contributed by atoms with Crippen LogP contribution in [0.3, 0.4) is 0 Å². The summed E-state index contributed by atoms with van der Waals surface area (Å²) in [6, 6.07) is 7.38. The van der Waals surface area contributed by atoms with E-state index in [2.05, 4.69) is 10.6 Å². The highest BCUT2D eigenvalue weighted by Crippen LogP contribution is 2.20. The highest BCUT2D eigenvalue weighted by Gasteiger charge is 2.24. The van der Waals surface area contributed by atoms with E-state index in [0.717, 1.165) is 18.5 Å². The molecule has 0 atom stereocenters. The fourth-order valence-corrected chi connectivity index (χ4v) is 2.68. The van der Waals surface area contributed by atoms with Crippen molar-refractivity contribution in [3.8, 4) is 0 Å². The highest BCUT2D eigenvalue weighted by atomic mass is 35.5. The van der Waals surface area contributed by atoms with Gasteiger partial charge in [-0.3, -0.25) is 4.79 Å². The normalized spacial score (nSPS) is 15.1. The lowest BCUT2D eigenvalue weighted by atomic mass is 10.1. The Kier molecular flexibility index (Phi) is 6.52. The molecule has 0 bridgehead atoms. The summed E-state index contributed by atoms with van der Waals surface area (Å²) in [5.41, 5.74) is 0.737. The number of piperidine rings is 1. The third-order valence-corrected chi connectivity index (χ3v) is 4.03. The van der Waals surface area contributed by atoms with Crippen LogP contribution in [0.4, 0.5) is 10.5 Å². The molecule has 0 unspecified atom stereocenters. The number of anilines is 1. The average molecular weight is 340 g/mol. The molecule has 6 nitrogen and oxygen atoms in total. The first-order valence-corrected chi connectivity index (χ1v) is 8.17. The summed E-state index contributed by atoms with van der Waals surface area (Å²) in [5, 5.41) is 6.58. The lowest BCUT2D eigenvalue weighted by Gasteiger charge is -2.31. The molecule has 1 aromatic rings. The van der Waals surface area contributed by atoms with Gasteiger partial charge in [0.1, 0.15) is 0 Å². The first kappa shape index (κ1) is 17.4. The summed E-state index contributed by atoms with van der Waals surface area (Å²) >= 11 is 6.03. The van der Waals surface area contributed by atoms with Gasteiger partial charge in [0.2, 0.25) is 5.91 Å². The molecule has 0 aromatic heterocycles. The zero-order chi connectivity index (χ0) is 16.7. The molecule has 1 heterocycles. The van der Waals surface area contributed by atoms with Gasteiger partial charge in [0.25, 0.3) is 0 Å². The van der Waals surface area contributed by atoms with Crippen LogP contribution in [-0.4, -0.2) is 49.2 Å². The summed E-state index contributed by atoms with van der Waals surface area (Å²) in [6.45, 7) is 3.53. The molecule has 2 amide bonds. The molecule has 0 spiro atoms. The SMILES string of the molecule is CCOC(=O)N1CCC(NC(=O)CNc2ccccc2Cl)CC1. The Morgan fingerprint density at radius 3 is 2.65 bits per heavy atom. The molecule has 7 heteroatoms. The Labute approximate surface area is 141 Å². The second-order valence-electron chi connectivity index (χ2n) is 5.36. The Morgan fingerprint density at radius 2 is 2.00 bits per heavy atom. The molecule has 1 saturated heterocycles. The van der Waals surface area contributed by atoms with Gasteiger partial charge in [0, 0.05) is 19.1 Å². The molecule has 0 radical (unpaired) electrons. The van der Waals surface area contributed by atoms with E-state index in [1.165, 1.54) is 0 Å². The van der Waals surface area contributed by atoms with Crippen molar-refractivity contribution in [1.29, 1.82) is 0 Å². The van der Waals surface area contributed by atoms with Crippen LogP contribution < -0.4 is 10.6 Å². The number of hydrogen-bond donors (Lipinski definition) is 2. The summed E-state index contributed by atoms with van der Waals surface area (Å²) in [4.78, 5) is 25.3. The number of hydrogen-bond acceptors (Lipinski definition) is 4. The minimum atomic E-state index is -0.280. The molecule has 126 valence electrons. The molecule has 23 heavy (non-hydrogen) atoms. The third-order valence-electron chi connectivity index (χ3n) is 3.70. The largest absolute Gasteiger partial charge is 0.450 e. The molecule has 0 aliphatic carbocycles. The van der Waals surface area contributed by atoms with E-state index in [-0.39, 0.29) is 24.6 Å². The zero-order valence-electron chi connectivity index (χ0n) is 13.2. The monoisotopic (exact) mass is 339 g/mol. The van der Waals surface area contributed by atoms with Gasteiger partial charge < -0.3 is 20.3 Å². The standard InChI is InChI=1S/C16H22ClN3O3/c1-2-23-16(22)20-9-7-12(8-10-20)19-15(21)11-18-14-6-4-3-5-13(14)17/h3-6,12,18H,2,7-11H2,1H3,(H,19,21). The minimum Gasteiger partial charge on any atom is -0.450 e. The predicted molar refractivity (Wildman–Crippen MR) is 89.7 cm³/mol. The number of ether oxygens (including phenoxy) is 1. The molecular weight excluding hydrogens is 318 g/mol. The number of likely N-dealkylation sites (tertiary alicyclic amines) is 1. The van der Waals surface area contributed by atoms with Crippen molar-refractivity contribution in [2.75, 3.05) is 31.6 Å². The van der Waals surface area contributed by atoms with Gasteiger partial charge in [-0.2, -0.15) is 0 Å². The maximum atomic E-state index is 12.0. The van der Waals surface area contributed by atoms with E-state index >= 15 is 0 Å². The van der Waals surface area contributed by atoms with Gasteiger partial charge in [0.15, 0.2) is 0 Å². The summed E-state index contributed by atoms with van der Waals surface area (Å²) in [6.07, 6.45) is 1.19. The maximum Gasteiger partial charge on any atom is 0.409 e.